The summed E-state index contributed by atoms with van der Waals surface area (Å²) in [6, 6.07) is 0. The predicted octanol–water partition coefficient (Wildman–Crippen LogP) is -0.0368. The molecular formula is C13H22N6O4. The zero-order chi connectivity index (χ0) is 17.0. The van der Waals surface area contributed by atoms with Gasteiger partial charge < -0.3 is 20.7 Å². The summed E-state index contributed by atoms with van der Waals surface area (Å²) < 4.78 is 6.89. The van der Waals surface area contributed by atoms with Gasteiger partial charge in [0, 0.05) is 19.5 Å². The molecule has 23 heavy (non-hydrogen) atoms. The number of aliphatic hydroxyl groups is 2. The van der Waals surface area contributed by atoms with Gasteiger partial charge in [0.2, 0.25) is 0 Å². The number of ether oxygens (including phenoxy) is 1. The molecule has 10 nitrogen and oxygen atoms in total. The van der Waals surface area contributed by atoms with Gasteiger partial charge in [0.1, 0.15) is 11.7 Å². The van der Waals surface area contributed by atoms with E-state index < -0.39 is 24.3 Å². The van der Waals surface area contributed by atoms with E-state index >= 15 is 0 Å². The molecule has 1 saturated heterocycles. The van der Waals surface area contributed by atoms with Crippen LogP contribution in [0, 0.1) is 0 Å². The molecule has 1 aliphatic rings. The van der Waals surface area contributed by atoms with Crippen LogP contribution >= 0.6 is 0 Å². The summed E-state index contributed by atoms with van der Waals surface area (Å²) in [5.41, 5.74) is 5.46. The first-order valence-electron chi connectivity index (χ1n) is 7.50. The van der Waals surface area contributed by atoms with Crippen molar-refractivity contribution >= 4 is 11.7 Å². The molecule has 10 heteroatoms. The molecule has 0 bridgehead atoms. The van der Waals surface area contributed by atoms with Crippen LogP contribution in [0.1, 0.15) is 36.9 Å². The van der Waals surface area contributed by atoms with Crippen molar-refractivity contribution < 1.29 is 19.7 Å². The van der Waals surface area contributed by atoms with Crippen LogP contribution in [0.25, 0.3) is 0 Å². The lowest BCUT2D eigenvalue weighted by Gasteiger charge is -2.15. The van der Waals surface area contributed by atoms with Crippen LogP contribution < -0.4 is 5.73 Å². The molecule has 0 spiro atoms. The molecule has 2 rings (SSSR count). The Morgan fingerprint density at radius 3 is 2.78 bits per heavy atom. The van der Waals surface area contributed by atoms with Gasteiger partial charge in [0.15, 0.2) is 12.0 Å². The second-order valence-electron chi connectivity index (χ2n) is 5.13. The second kappa shape index (κ2) is 7.49. The molecule has 3 atom stereocenters. The van der Waals surface area contributed by atoms with Crippen LogP contribution in [0.15, 0.2) is 16.5 Å². The minimum atomic E-state index is -0.821. The Labute approximate surface area is 133 Å². The summed E-state index contributed by atoms with van der Waals surface area (Å²) in [5, 5.41) is 32.9. The first-order valence-corrected chi connectivity index (χ1v) is 7.50. The molecule has 0 radical (unpaired) electrons. The number of hydrogen-bond donors (Lipinski definition) is 3. The van der Waals surface area contributed by atoms with Gasteiger partial charge in [-0.05, 0) is 13.8 Å². The lowest BCUT2D eigenvalue weighted by Crippen LogP contribution is -2.24. The molecule has 0 saturated carbocycles. The van der Waals surface area contributed by atoms with E-state index in [2.05, 4.69) is 15.4 Å². The smallest absolute Gasteiger partial charge is 0.254 e. The van der Waals surface area contributed by atoms with Crippen LogP contribution in [0.3, 0.4) is 0 Å². The maximum absolute atomic E-state index is 11.5. The number of primary amides is 1. The number of nitrogens with zero attached hydrogens (tertiary/aromatic N) is 5. The van der Waals surface area contributed by atoms with E-state index in [9.17, 15) is 9.90 Å². The molecule has 1 aromatic heterocycles. The summed E-state index contributed by atoms with van der Waals surface area (Å²) in [4.78, 5) is 11.5. The molecule has 1 fully saturated rings. The third kappa shape index (κ3) is 3.66. The summed E-state index contributed by atoms with van der Waals surface area (Å²) >= 11 is 0. The number of hydrogen-bond acceptors (Lipinski definition) is 7. The number of amides is 1. The lowest BCUT2D eigenvalue weighted by atomic mass is 10.2. The fourth-order valence-electron chi connectivity index (χ4n) is 2.32. The standard InChI is InChI=1S/C13H22N6O4/c1-3-18(4-2)17-16-13-8(12(14)22)6-15-19(13)11-5-9(21)10(7-20)23-11/h6,9-11,20-21H,3-5,7H2,1-2H3,(H2,14,22)/t9-,10+,11+/m0/s1. The summed E-state index contributed by atoms with van der Waals surface area (Å²) in [6.45, 7) is 4.86. The second-order valence-corrected chi connectivity index (χ2v) is 5.13. The van der Waals surface area contributed by atoms with Crippen molar-refractivity contribution in [3.63, 3.8) is 0 Å². The van der Waals surface area contributed by atoms with Gasteiger partial charge in [-0.15, -0.1) is 5.11 Å². The molecule has 0 unspecified atom stereocenters. The largest absolute Gasteiger partial charge is 0.394 e. The number of rotatable bonds is 7. The third-order valence-electron chi connectivity index (χ3n) is 3.69. The van der Waals surface area contributed by atoms with Crippen LogP contribution in [0.5, 0.6) is 0 Å². The van der Waals surface area contributed by atoms with Crippen molar-refractivity contribution in [2.45, 2.75) is 38.7 Å². The lowest BCUT2D eigenvalue weighted by molar-refractivity contribution is -0.0478. The minimum Gasteiger partial charge on any atom is -0.394 e. The Morgan fingerprint density at radius 1 is 1.57 bits per heavy atom. The monoisotopic (exact) mass is 326 g/mol. The van der Waals surface area contributed by atoms with Crippen molar-refractivity contribution in [2.24, 2.45) is 16.1 Å². The van der Waals surface area contributed by atoms with E-state index in [-0.39, 0.29) is 24.4 Å². The zero-order valence-electron chi connectivity index (χ0n) is 13.2. The molecule has 0 aliphatic carbocycles. The molecule has 4 N–H and O–H groups in total. The Hall–Kier alpha value is -2.04. The first kappa shape index (κ1) is 17.3. The molecule has 0 aromatic carbocycles. The average Bonchev–Trinajstić information content (AvgIpc) is 3.11. The molecule has 2 heterocycles. The Morgan fingerprint density at radius 2 is 2.26 bits per heavy atom. The van der Waals surface area contributed by atoms with Crippen LogP contribution in [-0.4, -0.2) is 62.8 Å². The third-order valence-corrected chi connectivity index (χ3v) is 3.69. The summed E-state index contributed by atoms with van der Waals surface area (Å²) in [7, 11) is 0. The first-order chi connectivity index (χ1) is 11.0. The molecule has 1 amide bonds. The van der Waals surface area contributed by atoms with Gasteiger partial charge in [-0.25, -0.2) is 4.68 Å². The van der Waals surface area contributed by atoms with Crippen LogP contribution in [0.4, 0.5) is 5.82 Å². The van der Waals surface area contributed by atoms with E-state index in [1.165, 1.54) is 10.9 Å². The maximum Gasteiger partial charge on any atom is 0.254 e. The fraction of sp³-hybridized carbons (Fsp3) is 0.692. The quantitative estimate of drug-likeness (QED) is 0.475. The van der Waals surface area contributed by atoms with E-state index in [1.54, 1.807) is 5.01 Å². The number of nitrogens with two attached hydrogens (primary N) is 1. The van der Waals surface area contributed by atoms with Gasteiger partial charge >= 0.3 is 0 Å². The highest BCUT2D eigenvalue weighted by Gasteiger charge is 2.36. The zero-order valence-corrected chi connectivity index (χ0v) is 13.2. The van der Waals surface area contributed by atoms with Gasteiger partial charge in [0.05, 0.1) is 18.9 Å². The Kier molecular flexibility index (Phi) is 5.64. The van der Waals surface area contributed by atoms with Gasteiger partial charge in [0.25, 0.3) is 5.91 Å². The number of aromatic nitrogens is 2. The van der Waals surface area contributed by atoms with E-state index in [0.29, 0.717) is 13.1 Å². The number of carbonyl (C=O) groups is 1. The van der Waals surface area contributed by atoms with E-state index in [0.717, 1.165) is 0 Å². The van der Waals surface area contributed by atoms with E-state index in [4.69, 9.17) is 15.6 Å². The highest BCUT2D eigenvalue weighted by atomic mass is 16.5. The summed E-state index contributed by atoms with van der Waals surface area (Å²) in [6.07, 6.45) is -0.659. The average molecular weight is 326 g/mol. The van der Waals surface area contributed by atoms with Crippen molar-refractivity contribution in [3.05, 3.63) is 11.8 Å². The highest BCUT2D eigenvalue weighted by Crippen LogP contribution is 2.33. The number of aliphatic hydroxyl groups excluding tert-OH is 2. The fourth-order valence-corrected chi connectivity index (χ4v) is 2.32. The van der Waals surface area contributed by atoms with Gasteiger partial charge in [-0.3, -0.25) is 9.80 Å². The SMILES string of the molecule is CCN(CC)N=Nc1c(C(N)=O)cnn1[C@H]1C[C@H](O)[C@@H](CO)O1. The topological polar surface area (TPSA) is 139 Å². The van der Waals surface area contributed by atoms with Crippen molar-refractivity contribution in [1.29, 1.82) is 0 Å². The molecule has 1 aromatic rings. The van der Waals surface area contributed by atoms with Crippen LogP contribution in [0.2, 0.25) is 0 Å². The summed E-state index contributed by atoms with van der Waals surface area (Å²) in [5.74, 6) is -0.512. The van der Waals surface area contributed by atoms with Crippen molar-refractivity contribution in [1.82, 2.24) is 14.8 Å². The normalized spacial score (nSPS) is 24.4. The maximum atomic E-state index is 11.5. The van der Waals surface area contributed by atoms with Gasteiger partial charge in [-0.1, -0.05) is 5.22 Å². The highest BCUT2D eigenvalue weighted by molar-refractivity contribution is 5.96. The number of carbonyl (C=O) groups excluding carboxylic acids is 1. The van der Waals surface area contributed by atoms with Crippen LogP contribution in [-0.2, 0) is 4.74 Å². The van der Waals surface area contributed by atoms with Crippen molar-refractivity contribution in [3.8, 4) is 0 Å². The molecule has 128 valence electrons. The molecular weight excluding hydrogens is 304 g/mol. The van der Waals surface area contributed by atoms with E-state index in [1.807, 2.05) is 13.8 Å². The predicted molar refractivity (Wildman–Crippen MR) is 79.8 cm³/mol. The Balaban J connectivity index is 2.32. The van der Waals surface area contributed by atoms with Gasteiger partial charge in [-0.2, -0.15) is 5.10 Å². The Bertz CT molecular complexity index is 571. The van der Waals surface area contributed by atoms with Crippen molar-refractivity contribution in [2.75, 3.05) is 19.7 Å². The molecule has 1 aliphatic heterocycles. The minimum absolute atomic E-state index is 0.117.